The fraction of sp³-hybridized carbons (Fsp3) is 0.464. The average molecular weight is 698 g/mol. The third kappa shape index (κ3) is 8.07. The number of amides is 1. The second-order valence-corrected chi connectivity index (χ2v) is 14.4. The Bertz CT molecular complexity index is 1800. The summed E-state index contributed by atoms with van der Waals surface area (Å²) >= 11 is 6.64. The van der Waals surface area contributed by atoms with Crippen molar-refractivity contribution in [3.8, 4) is 0 Å². The number of aliphatic hydroxyl groups is 1. The molecule has 8 nitrogen and oxygen atoms in total. The molecule has 39 heavy (non-hydrogen) atoms. The smallest absolute Gasteiger partial charge is 0.408 e. The summed E-state index contributed by atoms with van der Waals surface area (Å²) in [6.45, 7) is 0.262. The molecule has 0 saturated carbocycles. The van der Waals surface area contributed by atoms with Gasteiger partial charge in [-0.25, -0.2) is 13.2 Å². The summed E-state index contributed by atoms with van der Waals surface area (Å²) in [5.41, 5.74) is -2.48. The predicted molar refractivity (Wildman–Crippen MR) is 160 cm³/mol. The van der Waals surface area contributed by atoms with E-state index in [2.05, 4.69) is 31.9 Å². The van der Waals surface area contributed by atoms with Gasteiger partial charge in [0.1, 0.15) is 5.58 Å². The minimum Gasteiger partial charge on any atom is -0.465 e. The van der Waals surface area contributed by atoms with Gasteiger partial charge in [-0.3, -0.25) is 4.90 Å². The zero-order valence-corrected chi connectivity index (χ0v) is 25.7. The predicted octanol–water partition coefficient (Wildman–Crippen LogP) is 6.11. The van der Waals surface area contributed by atoms with Gasteiger partial charge in [-0.1, -0.05) is 62.1 Å². The van der Waals surface area contributed by atoms with E-state index in [0.29, 0.717) is 11.0 Å². The molecule has 1 amide bonds. The second kappa shape index (κ2) is 12.7. The van der Waals surface area contributed by atoms with Crippen molar-refractivity contribution in [1.29, 1.82) is 0 Å². The first-order chi connectivity index (χ1) is 21.6. The summed E-state index contributed by atoms with van der Waals surface area (Å²) < 4.78 is 113. The normalized spacial score (nSPS) is 21.4. The Kier molecular flexibility index (Phi) is 6.81. The molecule has 2 aromatic carbocycles. The molecule has 0 radical (unpaired) electrons. The largest absolute Gasteiger partial charge is 0.465 e. The maximum atomic E-state index is 14.4. The highest BCUT2D eigenvalue weighted by Crippen LogP contribution is 2.30. The molecule has 1 unspecified atom stereocenters. The van der Waals surface area contributed by atoms with Crippen molar-refractivity contribution >= 4 is 58.9 Å². The van der Waals surface area contributed by atoms with E-state index in [1.807, 2.05) is 0 Å². The van der Waals surface area contributed by atoms with E-state index < -0.39 is 86.1 Å². The average Bonchev–Trinajstić information content (AvgIpc) is 3.41. The second-order valence-electron chi connectivity index (χ2n) is 9.85. The van der Waals surface area contributed by atoms with Gasteiger partial charge in [-0.05, 0) is 70.3 Å². The summed E-state index contributed by atoms with van der Waals surface area (Å²) in [6.07, 6.45) is -8.67. The summed E-state index contributed by atoms with van der Waals surface area (Å²) in [6, 6.07) is 0.372. The third-order valence-electron chi connectivity index (χ3n) is 5.50. The molecule has 3 aromatic rings. The van der Waals surface area contributed by atoms with Crippen LogP contribution in [0.2, 0.25) is 0 Å². The molecule has 2 N–H and O–H groups in total. The number of carboxylic acid groups (broad SMARTS) is 1. The van der Waals surface area contributed by atoms with Crippen LogP contribution in [0.4, 0.5) is 4.79 Å². The van der Waals surface area contributed by atoms with Gasteiger partial charge in [0.25, 0.3) is 0 Å². The molecule has 3 rings (SSSR count). The van der Waals surface area contributed by atoms with Crippen molar-refractivity contribution in [2.75, 3.05) is 18.4 Å². The van der Waals surface area contributed by atoms with Crippen LogP contribution in [-0.4, -0.2) is 74.3 Å². The summed E-state index contributed by atoms with van der Waals surface area (Å²) in [5, 5.41) is 23.2. The van der Waals surface area contributed by atoms with E-state index >= 15 is 0 Å². The fourth-order valence-corrected chi connectivity index (χ4v) is 7.07. The highest BCUT2D eigenvalue weighted by Gasteiger charge is 2.40. The quantitative estimate of drug-likeness (QED) is 0.221. The molecule has 214 valence electrons. The van der Waals surface area contributed by atoms with Gasteiger partial charge < -0.3 is 14.6 Å². The van der Waals surface area contributed by atoms with E-state index in [1.165, 1.54) is 46.1 Å². The summed E-state index contributed by atoms with van der Waals surface area (Å²) in [7, 11) is -5.11. The Labute approximate surface area is 259 Å². The molecule has 3 atom stereocenters. The van der Waals surface area contributed by atoms with E-state index in [1.54, 1.807) is 0 Å². The fourth-order valence-electron chi connectivity index (χ4n) is 3.61. The molecule has 0 aliphatic heterocycles. The molecule has 0 aliphatic carbocycles. The zero-order valence-electron chi connectivity index (χ0n) is 30.7. The number of hydrogen-bond acceptors (Lipinski definition) is 5. The third-order valence-corrected chi connectivity index (χ3v) is 8.19. The molecule has 1 heterocycles. The minimum absolute atomic E-state index is 0.00334. The van der Waals surface area contributed by atoms with Crippen molar-refractivity contribution in [3.05, 3.63) is 66.4 Å². The van der Waals surface area contributed by atoms with Gasteiger partial charge in [-0.15, -0.1) is 0 Å². The number of hydrogen-bond donors (Lipinski definition) is 2. The standard InChI is InChI=1S/C28H36Br2N2O6S/c1-27(2,3)32(26(34)35)23(16-20-8-6-5-7-9-20)24(33)18-31(19-28(4,30)13-14-29)39(36,37)22-10-11-25-21(17-22)12-15-38-25/h5-12,15,17,23-24,33H,13-14,16,18-19H2,1-4H3,(H,34,35)/t23-,24+,28?/m0/s1/i5D,6D,8D,16D2,18D2,23D,24D. The van der Waals surface area contributed by atoms with E-state index in [9.17, 15) is 28.9 Å². The monoisotopic (exact) mass is 695 g/mol. The highest BCUT2D eigenvalue weighted by atomic mass is 79.9. The number of fused-ring (bicyclic) bond motifs is 1. The molecular weight excluding hydrogens is 652 g/mol. The van der Waals surface area contributed by atoms with Gasteiger partial charge in [0.05, 0.1) is 30.1 Å². The molecular formula is C28H36Br2N2O6S. The van der Waals surface area contributed by atoms with Crippen LogP contribution in [0, 0.1) is 0 Å². The number of halogens is 2. The number of carbonyl (C=O) groups is 1. The van der Waals surface area contributed by atoms with E-state index in [4.69, 9.17) is 11.3 Å². The summed E-state index contributed by atoms with van der Waals surface area (Å²) in [4.78, 5) is 12.4. The van der Waals surface area contributed by atoms with Gasteiger partial charge >= 0.3 is 6.09 Å². The Morgan fingerprint density at radius 1 is 1.23 bits per heavy atom. The SMILES string of the molecule is [2H]c1ccc(C([2H])([2H])[C@]([2H])(N(C(=O)O)C(C)(C)C)[C@]([2H])(O)C([2H])([2H])N(CC(C)(Br)CCBr)S(=O)(=O)c2ccc3occc3c2)c([2H])c1[2H]. The highest BCUT2D eigenvalue weighted by molar-refractivity contribution is 9.10. The van der Waals surface area contributed by atoms with Crippen LogP contribution in [0.3, 0.4) is 0 Å². The number of benzene rings is 2. The molecule has 1 aromatic heterocycles. The van der Waals surface area contributed by atoms with Crippen molar-refractivity contribution in [2.24, 2.45) is 0 Å². The molecule has 0 fully saturated rings. The van der Waals surface area contributed by atoms with Gasteiger partial charge in [-0.2, -0.15) is 4.31 Å². The molecule has 11 heteroatoms. The first kappa shape index (κ1) is 20.9. The van der Waals surface area contributed by atoms with Crippen LogP contribution in [0.25, 0.3) is 11.0 Å². The Balaban J connectivity index is 2.48. The van der Waals surface area contributed by atoms with Crippen molar-refractivity contribution in [1.82, 2.24) is 9.21 Å². The zero-order chi connectivity index (χ0) is 37.1. The Morgan fingerprint density at radius 2 is 1.95 bits per heavy atom. The van der Waals surface area contributed by atoms with Gasteiger partial charge in [0, 0.05) is 39.1 Å². The molecule has 0 bridgehead atoms. The lowest BCUT2D eigenvalue weighted by molar-refractivity contribution is 0.000736. The van der Waals surface area contributed by atoms with Crippen molar-refractivity contribution in [2.45, 2.75) is 67.3 Å². The molecule has 0 saturated heterocycles. The number of sulfonamides is 1. The van der Waals surface area contributed by atoms with E-state index in [-0.39, 0.29) is 21.0 Å². The Morgan fingerprint density at radius 3 is 2.59 bits per heavy atom. The van der Waals surface area contributed by atoms with Crippen LogP contribution >= 0.6 is 31.9 Å². The van der Waals surface area contributed by atoms with Gasteiger partial charge in [0.2, 0.25) is 10.0 Å². The van der Waals surface area contributed by atoms with Crippen molar-refractivity contribution < 1.29 is 40.2 Å². The van der Waals surface area contributed by atoms with Crippen molar-refractivity contribution in [3.63, 3.8) is 0 Å². The lowest BCUT2D eigenvalue weighted by atomic mass is 9.94. The molecule has 0 spiro atoms. The lowest BCUT2D eigenvalue weighted by Crippen LogP contribution is -2.59. The maximum absolute atomic E-state index is 14.4. The van der Waals surface area contributed by atoms with Crippen LogP contribution in [0.5, 0.6) is 0 Å². The molecule has 0 aliphatic rings. The number of rotatable bonds is 12. The van der Waals surface area contributed by atoms with E-state index in [0.717, 1.165) is 24.3 Å². The van der Waals surface area contributed by atoms with Crippen LogP contribution < -0.4 is 0 Å². The lowest BCUT2D eigenvalue weighted by Gasteiger charge is -2.43. The number of alkyl halides is 2. The topological polar surface area (TPSA) is 111 Å². The van der Waals surface area contributed by atoms with Crippen LogP contribution in [-0.2, 0) is 16.4 Å². The minimum atomic E-state index is -5.11. The number of nitrogens with zero attached hydrogens (tertiary/aromatic N) is 2. The first-order valence-electron chi connectivity index (χ1n) is 16.2. The number of furan rings is 1. The van der Waals surface area contributed by atoms with Crippen LogP contribution in [0.15, 0.2) is 70.1 Å². The summed E-state index contributed by atoms with van der Waals surface area (Å²) in [5.74, 6) is 0. The van der Waals surface area contributed by atoms with Crippen LogP contribution in [0.1, 0.15) is 52.0 Å². The maximum Gasteiger partial charge on any atom is 0.408 e. The van der Waals surface area contributed by atoms with Gasteiger partial charge in [0.15, 0.2) is 0 Å². The first-order valence-corrected chi connectivity index (χ1v) is 15.1. The Hall–Kier alpha value is -1.92.